The van der Waals surface area contributed by atoms with Crippen molar-refractivity contribution in [2.75, 3.05) is 19.6 Å². The van der Waals surface area contributed by atoms with Gasteiger partial charge >= 0.3 is 0 Å². The average molecular weight is 391 g/mol. The van der Waals surface area contributed by atoms with Crippen LogP contribution in [0.25, 0.3) is 0 Å². The highest BCUT2D eigenvalue weighted by Crippen LogP contribution is 2.19. The second-order valence-electron chi connectivity index (χ2n) is 7.11. The number of likely N-dealkylation sites (tertiary alicyclic amines) is 1. The van der Waals surface area contributed by atoms with Gasteiger partial charge in [-0.2, -0.15) is 0 Å². The minimum Gasteiger partial charge on any atom is -0.354 e. The van der Waals surface area contributed by atoms with Crippen LogP contribution in [0, 0.1) is 5.82 Å². The summed E-state index contributed by atoms with van der Waals surface area (Å²) in [6, 6.07) is 4.97. The van der Waals surface area contributed by atoms with Gasteiger partial charge in [0.15, 0.2) is 0 Å². The average Bonchev–Trinajstić information content (AvgIpc) is 3.18. The number of carbonyl (C=O) groups is 3. The van der Waals surface area contributed by atoms with Gasteiger partial charge < -0.3 is 15.5 Å². The van der Waals surface area contributed by atoms with E-state index in [9.17, 15) is 18.8 Å². The van der Waals surface area contributed by atoms with E-state index in [4.69, 9.17) is 0 Å². The fourth-order valence-electron chi connectivity index (χ4n) is 3.33. The zero-order valence-corrected chi connectivity index (χ0v) is 16.5. The minimum absolute atomic E-state index is 0.0673. The Kier molecular flexibility index (Phi) is 8.91. The number of rotatable bonds is 10. The van der Waals surface area contributed by atoms with Crippen LogP contribution in [0.3, 0.4) is 0 Å². The highest BCUT2D eigenvalue weighted by Gasteiger charge is 2.33. The number of hydrogen-bond donors (Lipinski definition) is 2. The first kappa shape index (κ1) is 21.9. The standard InChI is InChI=1S/C21H30FN3O3/c1-2-3-4-8-19(26)25-15-5-7-18(25)21(28)24-14-6-13-23-20(27)16-9-11-17(22)12-10-16/h9-12,18H,2-8,13-15H2,1H3,(H,23,27)(H,24,28)/t18-/m0/s1. The summed E-state index contributed by atoms with van der Waals surface area (Å²) >= 11 is 0. The second kappa shape index (κ2) is 11.4. The number of carbonyl (C=O) groups excluding carboxylic acids is 3. The van der Waals surface area contributed by atoms with Crippen molar-refractivity contribution < 1.29 is 18.8 Å². The third kappa shape index (κ3) is 6.62. The molecule has 6 nitrogen and oxygen atoms in total. The van der Waals surface area contributed by atoms with E-state index >= 15 is 0 Å². The predicted molar refractivity (Wildman–Crippen MR) is 105 cm³/mol. The van der Waals surface area contributed by atoms with Gasteiger partial charge in [0.05, 0.1) is 0 Å². The molecule has 1 atom stereocenters. The number of halogens is 1. The highest BCUT2D eigenvalue weighted by molar-refractivity contribution is 5.94. The number of amides is 3. The van der Waals surface area contributed by atoms with Gasteiger partial charge in [0, 0.05) is 31.6 Å². The fourth-order valence-corrected chi connectivity index (χ4v) is 3.33. The molecule has 1 aromatic carbocycles. The molecule has 154 valence electrons. The molecule has 0 aliphatic carbocycles. The summed E-state index contributed by atoms with van der Waals surface area (Å²) in [7, 11) is 0. The normalized spacial score (nSPS) is 16.1. The summed E-state index contributed by atoms with van der Waals surface area (Å²) in [5.41, 5.74) is 0.397. The van der Waals surface area contributed by atoms with Crippen molar-refractivity contribution in [2.45, 2.75) is 57.9 Å². The summed E-state index contributed by atoms with van der Waals surface area (Å²) in [4.78, 5) is 38.4. The lowest BCUT2D eigenvalue weighted by molar-refractivity contribution is -0.138. The van der Waals surface area contributed by atoms with Gasteiger partial charge in [-0.15, -0.1) is 0 Å². The maximum Gasteiger partial charge on any atom is 0.251 e. The lowest BCUT2D eigenvalue weighted by Gasteiger charge is -2.24. The molecule has 1 aromatic rings. The molecular formula is C21H30FN3O3. The lowest BCUT2D eigenvalue weighted by Crippen LogP contribution is -2.46. The van der Waals surface area contributed by atoms with Crippen LogP contribution >= 0.6 is 0 Å². The Morgan fingerprint density at radius 1 is 1.07 bits per heavy atom. The van der Waals surface area contributed by atoms with Crippen LogP contribution in [-0.2, 0) is 9.59 Å². The van der Waals surface area contributed by atoms with Crippen molar-refractivity contribution in [3.05, 3.63) is 35.6 Å². The lowest BCUT2D eigenvalue weighted by atomic mass is 10.1. The Hall–Kier alpha value is -2.44. The van der Waals surface area contributed by atoms with Gasteiger partial charge in [-0.1, -0.05) is 19.8 Å². The van der Waals surface area contributed by atoms with Gasteiger partial charge in [0.25, 0.3) is 5.91 Å². The molecule has 0 aromatic heterocycles. The molecule has 1 aliphatic rings. The predicted octanol–water partition coefficient (Wildman–Crippen LogP) is 2.63. The first-order chi connectivity index (χ1) is 13.5. The summed E-state index contributed by atoms with van der Waals surface area (Å²) in [6.07, 6.45) is 5.60. The van der Waals surface area contributed by atoms with Gasteiger partial charge in [-0.3, -0.25) is 14.4 Å². The first-order valence-corrected chi connectivity index (χ1v) is 10.1. The smallest absolute Gasteiger partial charge is 0.251 e. The largest absolute Gasteiger partial charge is 0.354 e. The van der Waals surface area contributed by atoms with E-state index in [-0.39, 0.29) is 29.6 Å². The molecule has 2 N–H and O–H groups in total. The fraction of sp³-hybridized carbons (Fsp3) is 0.571. The maximum atomic E-state index is 12.9. The molecule has 1 saturated heterocycles. The van der Waals surface area contributed by atoms with Crippen molar-refractivity contribution in [1.82, 2.24) is 15.5 Å². The summed E-state index contributed by atoms with van der Waals surface area (Å²) in [6.45, 7) is 3.58. The molecule has 0 saturated carbocycles. The summed E-state index contributed by atoms with van der Waals surface area (Å²) in [5, 5.41) is 5.60. The number of nitrogens with one attached hydrogen (secondary N) is 2. The van der Waals surface area contributed by atoms with Crippen molar-refractivity contribution >= 4 is 17.7 Å². The maximum absolute atomic E-state index is 12.9. The van der Waals surface area contributed by atoms with E-state index in [0.717, 1.165) is 25.7 Å². The first-order valence-electron chi connectivity index (χ1n) is 10.1. The van der Waals surface area contributed by atoms with E-state index in [1.807, 2.05) is 0 Å². The Morgan fingerprint density at radius 2 is 1.79 bits per heavy atom. The van der Waals surface area contributed by atoms with E-state index in [0.29, 0.717) is 44.5 Å². The quantitative estimate of drug-likeness (QED) is 0.602. The number of nitrogens with zero attached hydrogens (tertiary/aromatic N) is 1. The number of unbranched alkanes of at least 4 members (excludes halogenated alkanes) is 2. The van der Waals surface area contributed by atoms with Gasteiger partial charge in [0.1, 0.15) is 11.9 Å². The van der Waals surface area contributed by atoms with E-state index in [1.165, 1.54) is 24.3 Å². The monoisotopic (exact) mass is 391 g/mol. The van der Waals surface area contributed by atoms with Gasteiger partial charge in [-0.25, -0.2) is 4.39 Å². The molecule has 1 heterocycles. The molecule has 1 aliphatic heterocycles. The van der Waals surface area contributed by atoms with Crippen molar-refractivity contribution in [2.24, 2.45) is 0 Å². The van der Waals surface area contributed by atoms with Gasteiger partial charge in [0.2, 0.25) is 11.8 Å². The zero-order chi connectivity index (χ0) is 20.4. The van der Waals surface area contributed by atoms with Crippen LogP contribution in [-0.4, -0.2) is 48.3 Å². The van der Waals surface area contributed by atoms with E-state index in [2.05, 4.69) is 17.6 Å². The highest BCUT2D eigenvalue weighted by atomic mass is 19.1. The Balaban J connectivity index is 1.66. The third-order valence-electron chi connectivity index (χ3n) is 4.91. The van der Waals surface area contributed by atoms with Gasteiger partial charge in [-0.05, 0) is 49.9 Å². The number of hydrogen-bond acceptors (Lipinski definition) is 3. The molecule has 1 fully saturated rings. The molecule has 0 radical (unpaired) electrons. The van der Waals surface area contributed by atoms with E-state index in [1.54, 1.807) is 4.90 Å². The van der Waals surface area contributed by atoms with Crippen LogP contribution in [0.2, 0.25) is 0 Å². The van der Waals surface area contributed by atoms with Crippen LogP contribution in [0.5, 0.6) is 0 Å². The molecule has 2 rings (SSSR count). The van der Waals surface area contributed by atoms with Crippen LogP contribution in [0.1, 0.15) is 62.2 Å². The van der Waals surface area contributed by atoms with Crippen molar-refractivity contribution in [3.63, 3.8) is 0 Å². The summed E-state index contributed by atoms with van der Waals surface area (Å²) in [5.74, 6) is -0.709. The molecular weight excluding hydrogens is 361 g/mol. The molecule has 28 heavy (non-hydrogen) atoms. The van der Waals surface area contributed by atoms with Crippen molar-refractivity contribution in [3.8, 4) is 0 Å². The molecule has 7 heteroatoms. The Labute approximate surface area is 165 Å². The molecule has 0 bridgehead atoms. The minimum atomic E-state index is -0.385. The molecule has 0 unspecified atom stereocenters. The Morgan fingerprint density at radius 3 is 2.50 bits per heavy atom. The summed E-state index contributed by atoms with van der Waals surface area (Å²) < 4.78 is 12.9. The SMILES string of the molecule is CCCCCC(=O)N1CCC[C@H]1C(=O)NCCCNC(=O)c1ccc(F)cc1. The number of benzene rings is 1. The zero-order valence-electron chi connectivity index (χ0n) is 16.5. The Bertz CT molecular complexity index is 663. The third-order valence-corrected chi connectivity index (χ3v) is 4.91. The van der Waals surface area contributed by atoms with Crippen LogP contribution in [0.15, 0.2) is 24.3 Å². The topological polar surface area (TPSA) is 78.5 Å². The molecule has 3 amide bonds. The van der Waals surface area contributed by atoms with E-state index < -0.39 is 0 Å². The second-order valence-corrected chi connectivity index (χ2v) is 7.11. The van der Waals surface area contributed by atoms with Crippen LogP contribution in [0.4, 0.5) is 4.39 Å². The molecule has 0 spiro atoms. The van der Waals surface area contributed by atoms with Crippen molar-refractivity contribution in [1.29, 1.82) is 0 Å². The van der Waals surface area contributed by atoms with Crippen LogP contribution < -0.4 is 10.6 Å².